The molecule has 1 aromatic carbocycles. The summed E-state index contributed by atoms with van der Waals surface area (Å²) in [7, 11) is 0. The molecular formula is C31H40N8O3S. The number of benzene rings is 1. The van der Waals surface area contributed by atoms with E-state index in [-0.39, 0.29) is 23.4 Å². The van der Waals surface area contributed by atoms with Crippen molar-refractivity contribution in [3.05, 3.63) is 65.6 Å². The van der Waals surface area contributed by atoms with Gasteiger partial charge in [0.05, 0.1) is 5.75 Å². The molecule has 0 saturated carbocycles. The highest BCUT2D eigenvalue weighted by Crippen LogP contribution is 2.22. The van der Waals surface area contributed by atoms with Gasteiger partial charge in [0.1, 0.15) is 5.65 Å². The second-order valence-electron chi connectivity index (χ2n) is 10.9. The maximum Gasteiger partial charge on any atom is 0.252 e. The van der Waals surface area contributed by atoms with Crippen LogP contribution in [0.25, 0.3) is 11.0 Å². The van der Waals surface area contributed by atoms with Gasteiger partial charge in [-0.2, -0.15) is 16.7 Å². The molecule has 0 unspecified atom stereocenters. The molecule has 43 heavy (non-hydrogen) atoms. The predicted octanol–water partition coefficient (Wildman–Crippen LogP) is 2.66. The minimum absolute atomic E-state index is 0.0348. The Labute approximate surface area is 256 Å². The third-order valence-electron chi connectivity index (χ3n) is 8.28. The fraction of sp³-hybridized carbons (Fsp3) is 0.452. The van der Waals surface area contributed by atoms with Crippen molar-refractivity contribution in [1.29, 1.82) is 0 Å². The average molecular weight is 605 g/mol. The third-order valence-corrected chi connectivity index (χ3v) is 8.82. The molecule has 2 fully saturated rings. The van der Waals surface area contributed by atoms with E-state index in [0.717, 1.165) is 55.9 Å². The number of piperazine rings is 2. The van der Waals surface area contributed by atoms with E-state index in [1.807, 2.05) is 28.2 Å². The maximum absolute atomic E-state index is 13.0. The van der Waals surface area contributed by atoms with Gasteiger partial charge in [-0.25, -0.2) is 4.98 Å². The lowest BCUT2D eigenvalue weighted by Crippen LogP contribution is -2.55. The van der Waals surface area contributed by atoms with E-state index in [1.165, 1.54) is 6.08 Å². The summed E-state index contributed by atoms with van der Waals surface area (Å²) in [5.41, 5.74) is 2.43. The Hall–Kier alpha value is -3.90. The summed E-state index contributed by atoms with van der Waals surface area (Å²) in [4.78, 5) is 54.9. The molecule has 2 aromatic heterocycles. The first kappa shape index (κ1) is 30.6. The second-order valence-corrected chi connectivity index (χ2v) is 11.7. The Morgan fingerprint density at radius 1 is 1.02 bits per heavy atom. The lowest BCUT2D eigenvalue weighted by atomic mass is 10.1. The van der Waals surface area contributed by atoms with Crippen LogP contribution < -0.4 is 15.8 Å². The molecule has 5 rings (SSSR count). The fourth-order valence-electron chi connectivity index (χ4n) is 5.79. The molecule has 0 bridgehead atoms. The molecule has 2 amide bonds. The van der Waals surface area contributed by atoms with Crippen molar-refractivity contribution in [2.24, 2.45) is 0 Å². The van der Waals surface area contributed by atoms with Crippen molar-refractivity contribution >= 4 is 51.9 Å². The number of pyridine rings is 1. The van der Waals surface area contributed by atoms with E-state index in [2.05, 4.69) is 45.7 Å². The molecule has 12 heteroatoms. The number of aromatic nitrogens is 3. The Kier molecular flexibility index (Phi) is 9.98. The van der Waals surface area contributed by atoms with E-state index >= 15 is 0 Å². The molecule has 2 aliphatic rings. The van der Waals surface area contributed by atoms with Crippen LogP contribution in [-0.4, -0.2) is 111 Å². The van der Waals surface area contributed by atoms with Crippen LogP contribution in [0, 0.1) is 0 Å². The Bertz CT molecular complexity index is 1500. The molecule has 228 valence electrons. The van der Waals surface area contributed by atoms with Gasteiger partial charge in [0.2, 0.25) is 17.8 Å². The van der Waals surface area contributed by atoms with Crippen molar-refractivity contribution in [2.45, 2.75) is 25.9 Å². The van der Waals surface area contributed by atoms with Crippen LogP contribution in [0.4, 0.5) is 17.3 Å². The van der Waals surface area contributed by atoms with E-state index in [9.17, 15) is 14.4 Å². The van der Waals surface area contributed by atoms with Crippen molar-refractivity contribution in [3.63, 3.8) is 0 Å². The minimum atomic E-state index is -0.106. The summed E-state index contributed by atoms with van der Waals surface area (Å²) in [6, 6.07) is 11.7. The van der Waals surface area contributed by atoms with Gasteiger partial charge in [-0.3, -0.25) is 23.9 Å². The number of hydrogen-bond acceptors (Lipinski definition) is 9. The van der Waals surface area contributed by atoms with Gasteiger partial charge < -0.3 is 20.0 Å². The third kappa shape index (κ3) is 7.19. The van der Waals surface area contributed by atoms with Crippen LogP contribution in [0.5, 0.6) is 0 Å². The van der Waals surface area contributed by atoms with Gasteiger partial charge in [0.25, 0.3) is 5.56 Å². The summed E-state index contributed by atoms with van der Waals surface area (Å²) in [5.74, 6) is 1.12. The minimum Gasteiger partial charge on any atom is -0.368 e. The highest BCUT2D eigenvalue weighted by atomic mass is 32.2. The number of fused-ring (bicyclic) bond motifs is 1. The quantitative estimate of drug-likeness (QED) is 0.350. The van der Waals surface area contributed by atoms with Crippen molar-refractivity contribution < 1.29 is 9.59 Å². The first-order valence-electron chi connectivity index (χ1n) is 14.8. The van der Waals surface area contributed by atoms with Gasteiger partial charge in [0, 0.05) is 94.0 Å². The SMILES string of the molecule is C=CC(=O)N1CCN(CCn2c(=O)ccc3cnc(Nc4ccc(N5CCN(C(=O)CSC)CC5)cc4)nc32)[C@@H](CC)C1. The molecule has 1 N–H and O–H groups in total. The number of anilines is 3. The number of thioether (sulfide) groups is 1. The van der Waals surface area contributed by atoms with E-state index in [4.69, 9.17) is 4.98 Å². The maximum atomic E-state index is 13.0. The zero-order valence-corrected chi connectivity index (χ0v) is 25.8. The van der Waals surface area contributed by atoms with Crippen LogP contribution in [0.2, 0.25) is 0 Å². The van der Waals surface area contributed by atoms with Gasteiger partial charge in [-0.15, -0.1) is 0 Å². The largest absolute Gasteiger partial charge is 0.368 e. The van der Waals surface area contributed by atoms with E-state index in [0.29, 0.717) is 43.5 Å². The number of amides is 2. The Morgan fingerprint density at radius 2 is 1.77 bits per heavy atom. The summed E-state index contributed by atoms with van der Waals surface area (Å²) in [6.45, 7) is 12.0. The standard InChI is InChI=1S/C31H40N8O3S/c1-4-25-21-38(27(40)5-2)17-14-35(25)18-19-39-28(41)11-6-23-20-32-31(34-30(23)39)33-24-7-9-26(10-8-24)36-12-15-37(16-13-36)29(42)22-43-3/h5-11,20,25H,2,4,12-19,21-22H2,1,3H3,(H,32,33,34)/t25-/m0/s1. The number of hydrogen-bond donors (Lipinski definition) is 1. The molecular weight excluding hydrogens is 564 g/mol. The second kappa shape index (κ2) is 14.0. The lowest BCUT2D eigenvalue weighted by molar-refractivity contribution is -0.129. The molecule has 2 saturated heterocycles. The highest BCUT2D eigenvalue weighted by Gasteiger charge is 2.27. The van der Waals surface area contributed by atoms with Crippen LogP contribution in [0.1, 0.15) is 13.3 Å². The van der Waals surface area contributed by atoms with Crippen LogP contribution in [0.3, 0.4) is 0 Å². The van der Waals surface area contributed by atoms with Gasteiger partial charge in [0.15, 0.2) is 0 Å². The number of nitrogens with zero attached hydrogens (tertiary/aromatic N) is 7. The van der Waals surface area contributed by atoms with Crippen LogP contribution in [-0.2, 0) is 16.1 Å². The van der Waals surface area contributed by atoms with E-state index < -0.39 is 0 Å². The van der Waals surface area contributed by atoms with Crippen molar-refractivity contribution in [2.75, 3.05) is 74.6 Å². The molecule has 0 spiro atoms. The molecule has 11 nitrogen and oxygen atoms in total. The molecule has 0 radical (unpaired) electrons. The average Bonchev–Trinajstić information content (AvgIpc) is 3.04. The summed E-state index contributed by atoms with van der Waals surface area (Å²) < 4.78 is 1.71. The van der Waals surface area contributed by atoms with Gasteiger partial charge in [-0.1, -0.05) is 13.5 Å². The highest BCUT2D eigenvalue weighted by molar-refractivity contribution is 7.99. The van der Waals surface area contributed by atoms with Crippen LogP contribution in [0.15, 0.2) is 60.0 Å². The van der Waals surface area contributed by atoms with Crippen LogP contribution >= 0.6 is 11.8 Å². The predicted molar refractivity (Wildman–Crippen MR) is 173 cm³/mol. The van der Waals surface area contributed by atoms with Gasteiger partial charge >= 0.3 is 0 Å². The number of carbonyl (C=O) groups is 2. The fourth-order valence-corrected chi connectivity index (χ4v) is 6.22. The van der Waals surface area contributed by atoms with Gasteiger partial charge in [-0.05, 0) is 49.1 Å². The smallest absolute Gasteiger partial charge is 0.252 e. The van der Waals surface area contributed by atoms with E-state index in [1.54, 1.807) is 34.7 Å². The zero-order valence-electron chi connectivity index (χ0n) is 24.9. The normalized spacial score (nSPS) is 17.7. The molecule has 2 aliphatic heterocycles. The van der Waals surface area contributed by atoms with Crippen molar-refractivity contribution in [1.82, 2.24) is 29.2 Å². The monoisotopic (exact) mass is 604 g/mol. The zero-order chi connectivity index (χ0) is 30.3. The lowest BCUT2D eigenvalue weighted by Gasteiger charge is -2.41. The topological polar surface area (TPSA) is 107 Å². The Balaban J connectivity index is 1.24. The number of carbonyl (C=O) groups excluding carboxylic acids is 2. The Morgan fingerprint density at radius 3 is 2.47 bits per heavy atom. The summed E-state index contributed by atoms with van der Waals surface area (Å²) in [6.07, 6.45) is 5.97. The number of rotatable bonds is 10. The summed E-state index contributed by atoms with van der Waals surface area (Å²) in [5, 5.41) is 4.08. The first-order chi connectivity index (χ1) is 20.9. The summed E-state index contributed by atoms with van der Waals surface area (Å²) >= 11 is 1.56. The van der Waals surface area contributed by atoms with Crippen molar-refractivity contribution in [3.8, 4) is 0 Å². The molecule has 1 atom stereocenters. The number of nitrogens with one attached hydrogen (secondary N) is 1. The molecule has 4 heterocycles. The first-order valence-corrected chi connectivity index (χ1v) is 16.2. The molecule has 0 aliphatic carbocycles. The molecule has 3 aromatic rings.